The topological polar surface area (TPSA) is 30.8 Å². The molecule has 0 aromatic heterocycles. The molecule has 0 radical (unpaired) electrons. The quantitative estimate of drug-likeness (QED) is 0.189. The lowest BCUT2D eigenvalue weighted by molar-refractivity contribution is 0.0500. The molecule has 0 aliphatic rings. The van der Waals surface area contributed by atoms with Gasteiger partial charge in [0, 0.05) is 29.6 Å². The number of aryl methyl sites for hydroxylation is 2. The van der Waals surface area contributed by atoms with Crippen LogP contribution in [0.3, 0.4) is 0 Å². The number of benzene rings is 3. The molecule has 0 N–H and O–H groups in total. The van der Waals surface area contributed by atoms with Gasteiger partial charge in [-0.05, 0) is 49.3 Å². The molecule has 2 unspecified atom stereocenters. The first-order chi connectivity index (χ1) is 15.5. The van der Waals surface area contributed by atoms with Gasteiger partial charge in [0.1, 0.15) is 5.75 Å². The van der Waals surface area contributed by atoms with Crippen LogP contribution >= 0.6 is 8.58 Å². The Morgan fingerprint density at radius 3 is 2.50 bits per heavy atom. The molecule has 0 saturated heterocycles. The zero-order valence-electron chi connectivity index (χ0n) is 19.8. The van der Waals surface area contributed by atoms with E-state index in [0.717, 1.165) is 24.3 Å². The summed E-state index contributed by atoms with van der Waals surface area (Å²) in [4.78, 5) is 4.74. The van der Waals surface area contributed by atoms with Crippen LogP contribution in [0.5, 0.6) is 5.75 Å². The molecule has 3 nitrogen and oxygen atoms in total. The van der Waals surface area contributed by atoms with E-state index in [0.29, 0.717) is 8.58 Å². The number of ether oxygens (including phenoxy) is 2. The van der Waals surface area contributed by atoms with Gasteiger partial charge >= 0.3 is 0 Å². The van der Waals surface area contributed by atoms with Gasteiger partial charge in [-0.3, -0.25) is 4.99 Å². The van der Waals surface area contributed by atoms with Crippen LogP contribution in [0.2, 0.25) is 0 Å². The van der Waals surface area contributed by atoms with Gasteiger partial charge in [-0.25, -0.2) is 0 Å². The Labute approximate surface area is 194 Å². The van der Waals surface area contributed by atoms with E-state index in [2.05, 4.69) is 64.1 Å². The highest BCUT2D eigenvalue weighted by Gasteiger charge is 2.31. The first-order valence-corrected chi connectivity index (χ1v) is 12.2. The van der Waals surface area contributed by atoms with E-state index < -0.39 is 0 Å². The maximum Gasteiger partial charge on any atom is 0.188 e. The fraction of sp³-hybridized carbons (Fsp3) is 0.321. The van der Waals surface area contributed by atoms with Crippen LogP contribution in [-0.2, 0) is 9.89 Å². The molecule has 0 aliphatic heterocycles. The molecule has 0 fully saturated rings. The second kappa shape index (κ2) is 11.4. The Balaban J connectivity index is 2.03. The minimum Gasteiger partial charge on any atom is -0.467 e. The lowest BCUT2D eigenvalue weighted by Gasteiger charge is -2.33. The first kappa shape index (κ1) is 24.2. The van der Waals surface area contributed by atoms with Crippen molar-refractivity contribution in [1.29, 1.82) is 0 Å². The average Bonchev–Trinajstić information content (AvgIpc) is 2.79. The minimum atomic E-state index is -0.0503. The molecular weight excluding hydrogens is 413 g/mol. The molecule has 32 heavy (non-hydrogen) atoms. The van der Waals surface area contributed by atoms with Gasteiger partial charge in [0.2, 0.25) is 0 Å². The fourth-order valence-corrected chi connectivity index (χ4v) is 5.82. The van der Waals surface area contributed by atoms with Crippen LogP contribution in [-0.4, -0.2) is 20.1 Å². The number of nitrogens with zero attached hydrogens (tertiary/aromatic N) is 1. The van der Waals surface area contributed by atoms with Gasteiger partial charge in [-0.15, -0.1) is 0 Å². The predicted molar refractivity (Wildman–Crippen MR) is 139 cm³/mol. The minimum absolute atomic E-state index is 0.0503. The molecule has 3 aromatic rings. The summed E-state index contributed by atoms with van der Waals surface area (Å²) < 4.78 is 11.2. The molecule has 0 saturated carbocycles. The van der Waals surface area contributed by atoms with Crippen molar-refractivity contribution in [3.63, 3.8) is 0 Å². The molecule has 0 bridgehead atoms. The average molecular weight is 448 g/mol. The van der Waals surface area contributed by atoms with Crippen LogP contribution in [0.15, 0.2) is 71.7 Å². The van der Waals surface area contributed by atoms with E-state index in [4.69, 9.17) is 14.5 Å². The third-order valence-corrected chi connectivity index (χ3v) is 7.63. The van der Waals surface area contributed by atoms with Crippen LogP contribution in [0.4, 0.5) is 5.69 Å². The zero-order chi connectivity index (χ0) is 23.0. The van der Waals surface area contributed by atoms with E-state index in [1.165, 1.54) is 27.6 Å². The van der Waals surface area contributed by atoms with Crippen molar-refractivity contribution in [2.24, 2.45) is 4.99 Å². The molecule has 3 rings (SSSR count). The highest BCUT2D eigenvalue weighted by atomic mass is 31.1. The summed E-state index contributed by atoms with van der Waals surface area (Å²) in [5.74, 6) is 0.911. The van der Waals surface area contributed by atoms with Gasteiger partial charge < -0.3 is 9.47 Å². The van der Waals surface area contributed by atoms with Crippen LogP contribution < -0.4 is 10.0 Å². The van der Waals surface area contributed by atoms with E-state index >= 15 is 0 Å². The maximum atomic E-state index is 5.99. The second-order valence-electron chi connectivity index (χ2n) is 8.39. The van der Waals surface area contributed by atoms with Gasteiger partial charge in [0.05, 0.1) is 5.69 Å². The molecule has 0 spiro atoms. The summed E-state index contributed by atoms with van der Waals surface area (Å²) in [5, 5.41) is 1.31. The Morgan fingerprint density at radius 2 is 1.78 bits per heavy atom. The van der Waals surface area contributed by atoms with E-state index in [1.807, 2.05) is 36.5 Å². The summed E-state index contributed by atoms with van der Waals surface area (Å²) >= 11 is 0. The van der Waals surface area contributed by atoms with Crippen molar-refractivity contribution in [2.45, 2.75) is 45.7 Å². The summed E-state index contributed by atoms with van der Waals surface area (Å²) in [7, 11) is 2.24. The number of aliphatic imine (C=N–C) groups is 1. The maximum absolute atomic E-state index is 5.99. The van der Waals surface area contributed by atoms with Gasteiger partial charge in [0.15, 0.2) is 6.79 Å². The fourth-order valence-electron chi connectivity index (χ4n) is 3.99. The first-order valence-electron chi connectivity index (χ1n) is 11.2. The van der Waals surface area contributed by atoms with Crippen molar-refractivity contribution in [3.8, 4) is 5.75 Å². The Bertz CT molecular complexity index is 1050. The van der Waals surface area contributed by atoms with Crippen molar-refractivity contribution < 1.29 is 9.47 Å². The Morgan fingerprint density at radius 1 is 1.00 bits per heavy atom. The summed E-state index contributed by atoms with van der Waals surface area (Å²) in [6, 6.07) is 23.1. The lowest BCUT2D eigenvalue weighted by Crippen LogP contribution is -2.23. The van der Waals surface area contributed by atoms with Crippen LogP contribution in [0, 0.1) is 13.8 Å². The highest BCUT2D eigenvalue weighted by molar-refractivity contribution is 7.49. The predicted octanol–water partition coefficient (Wildman–Crippen LogP) is 7.06. The molecule has 168 valence electrons. The second-order valence-corrected chi connectivity index (χ2v) is 10.2. The molecule has 3 aromatic carbocycles. The molecular formula is C28H34NO2P. The number of para-hydroxylation sites is 1. The number of methoxy groups -OCH3 is 1. The van der Waals surface area contributed by atoms with Crippen molar-refractivity contribution in [1.82, 2.24) is 0 Å². The normalized spacial score (nSPS) is 13.7. The number of hydrogen-bond donors (Lipinski definition) is 0. The van der Waals surface area contributed by atoms with Crippen molar-refractivity contribution in [3.05, 3.63) is 89.0 Å². The lowest BCUT2D eigenvalue weighted by atomic mass is 9.93. The zero-order valence-corrected chi connectivity index (χ0v) is 20.8. The van der Waals surface area contributed by atoms with Gasteiger partial charge in [-0.2, -0.15) is 0 Å². The summed E-state index contributed by atoms with van der Waals surface area (Å²) in [6.07, 6.45) is 4.18. The van der Waals surface area contributed by atoms with Gasteiger partial charge in [0.25, 0.3) is 0 Å². The smallest absolute Gasteiger partial charge is 0.188 e. The summed E-state index contributed by atoms with van der Waals surface area (Å²) in [6.45, 7) is 9.22. The standard InChI is InChI=1S/C28H34NO2P/c1-6-17-28(4,25-18-21(2)15-16-26(25)31-20-30-5)32-27-22(3)11-10-12-23(27)19-29-24-13-8-7-9-14-24/h7-16,18-19,32H,6,17,20H2,1-5H3/b29-19+. The highest BCUT2D eigenvalue weighted by Crippen LogP contribution is 2.49. The molecule has 2 atom stereocenters. The summed E-state index contributed by atoms with van der Waals surface area (Å²) in [5.41, 5.74) is 5.95. The number of hydrogen-bond acceptors (Lipinski definition) is 3. The SMILES string of the molecule is CCCC(C)(Pc1c(C)cccc1/C=N/c1ccccc1)c1cc(C)ccc1OCOC. The molecule has 4 heteroatoms. The molecule has 0 heterocycles. The molecule has 0 aliphatic carbocycles. The van der Waals surface area contributed by atoms with Crippen LogP contribution in [0.25, 0.3) is 0 Å². The van der Waals surface area contributed by atoms with Gasteiger partial charge in [-0.1, -0.05) is 82.9 Å². The van der Waals surface area contributed by atoms with E-state index in [-0.39, 0.29) is 11.9 Å². The Hall–Kier alpha value is -2.48. The molecule has 0 amide bonds. The monoisotopic (exact) mass is 447 g/mol. The van der Waals surface area contributed by atoms with E-state index in [9.17, 15) is 0 Å². The van der Waals surface area contributed by atoms with E-state index in [1.54, 1.807) is 7.11 Å². The third-order valence-electron chi connectivity index (χ3n) is 5.63. The van der Waals surface area contributed by atoms with Crippen LogP contribution in [0.1, 0.15) is 48.9 Å². The largest absolute Gasteiger partial charge is 0.467 e. The number of rotatable bonds is 10. The van der Waals surface area contributed by atoms with Crippen molar-refractivity contribution in [2.75, 3.05) is 13.9 Å². The third kappa shape index (κ3) is 6.06. The Kier molecular flexibility index (Phi) is 8.61. The van der Waals surface area contributed by atoms with Crippen molar-refractivity contribution >= 4 is 25.8 Å².